The summed E-state index contributed by atoms with van der Waals surface area (Å²) in [5, 5.41) is 4.34. The zero-order valence-electron chi connectivity index (χ0n) is 12.4. The number of rotatable bonds is 8. The Hall–Kier alpha value is -1.75. The molecule has 0 fully saturated rings. The Balaban J connectivity index is 1.82. The lowest BCUT2D eigenvalue weighted by Crippen LogP contribution is -2.25. The quantitative estimate of drug-likeness (QED) is 0.752. The van der Waals surface area contributed by atoms with Gasteiger partial charge in [0.1, 0.15) is 12.3 Å². The zero-order valence-corrected chi connectivity index (χ0v) is 12.4. The minimum atomic E-state index is 0.526. The monoisotopic (exact) mass is 276 g/mol. The summed E-state index contributed by atoms with van der Waals surface area (Å²) >= 11 is 0. The molecule has 110 valence electrons. The molecule has 2 aromatic heterocycles. The van der Waals surface area contributed by atoms with Crippen molar-refractivity contribution in [1.82, 2.24) is 14.5 Å². The minimum absolute atomic E-state index is 0.526. The number of pyridine rings is 1. The lowest BCUT2D eigenvalue weighted by Gasteiger charge is -2.16. The summed E-state index contributed by atoms with van der Waals surface area (Å²) in [6.07, 6.45) is 5.64. The molecular formula is C15H24N4O. The van der Waals surface area contributed by atoms with Crippen molar-refractivity contribution in [1.29, 1.82) is 0 Å². The fourth-order valence-electron chi connectivity index (χ4n) is 2.14. The second-order valence-electron chi connectivity index (χ2n) is 5.11. The molecule has 0 aromatic carbocycles. The van der Waals surface area contributed by atoms with Gasteiger partial charge in [0.05, 0.1) is 5.52 Å². The van der Waals surface area contributed by atoms with Gasteiger partial charge in [0.25, 0.3) is 5.88 Å². The highest BCUT2D eigenvalue weighted by Crippen LogP contribution is 2.24. The van der Waals surface area contributed by atoms with E-state index < -0.39 is 0 Å². The summed E-state index contributed by atoms with van der Waals surface area (Å²) in [5.41, 5.74) is 7.53. The molecule has 0 aliphatic carbocycles. The fourth-order valence-corrected chi connectivity index (χ4v) is 2.14. The number of likely N-dealkylation sites (N-methyl/N-ethyl adjacent to an activating group) is 1. The maximum atomic E-state index is 6.03. The van der Waals surface area contributed by atoms with Gasteiger partial charge in [-0.1, -0.05) is 25.8 Å². The lowest BCUT2D eigenvalue weighted by atomic mass is 10.2. The molecular weight excluding hydrogens is 252 g/mol. The van der Waals surface area contributed by atoms with Gasteiger partial charge < -0.3 is 15.4 Å². The number of hydrogen-bond donors (Lipinski definition) is 1. The second kappa shape index (κ2) is 7.14. The first kappa shape index (κ1) is 14.7. The normalized spacial score (nSPS) is 11.3. The van der Waals surface area contributed by atoms with Crippen LogP contribution in [0.5, 0.6) is 5.88 Å². The van der Waals surface area contributed by atoms with Crippen molar-refractivity contribution in [2.24, 2.45) is 0 Å². The molecule has 0 saturated carbocycles. The van der Waals surface area contributed by atoms with Gasteiger partial charge in [-0.15, -0.1) is 5.10 Å². The smallest absolute Gasteiger partial charge is 0.257 e. The lowest BCUT2D eigenvalue weighted by molar-refractivity contribution is 0.229. The van der Waals surface area contributed by atoms with Gasteiger partial charge in [-0.2, -0.15) is 0 Å². The molecule has 0 amide bonds. The van der Waals surface area contributed by atoms with Crippen LogP contribution in [0.15, 0.2) is 24.4 Å². The van der Waals surface area contributed by atoms with E-state index in [-0.39, 0.29) is 0 Å². The summed E-state index contributed by atoms with van der Waals surface area (Å²) in [4.78, 5) is 2.28. The number of aromatic nitrogens is 2. The second-order valence-corrected chi connectivity index (χ2v) is 5.11. The maximum absolute atomic E-state index is 6.03. The van der Waals surface area contributed by atoms with Crippen molar-refractivity contribution in [3.8, 4) is 5.88 Å². The third-order valence-corrected chi connectivity index (χ3v) is 3.40. The summed E-state index contributed by atoms with van der Waals surface area (Å²) < 4.78 is 7.45. The average molecular weight is 276 g/mol. The first-order valence-electron chi connectivity index (χ1n) is 7.26. The van der Waals surface area contributed by atoms with Crippen LogP contribution in [-0.2, 0) is 0 Å². The maximum Gasteiger partial charge on any atom is 0.257 e. The van der Waals surface area contributed by atoms with Gasteiger partial charge in [0.15, 0.2) is 0 Å². The van der Waals surface area contributed by atoms with Crippen LogP contribution in [0.3, 0.4) is 0 Å². The third kappa shape index (κ3) is 3.63. The largest absolute Gasteiger partial charge is 0.474 e. The fraction of sp³-hybridized carbons (Fsp3) is 0.533. The van der Waals surface area contributed by atoms with Gasteiger partial charge >= 0.3 is 0 Å². The Morgan fingerprint density at radius 1 is 1.30 bits per heavy atom. The molecule has 2 rings (SSSR count). The van der Waals surface area contributed by atoms with E-state index in [4.69, 9.17) is 10.5 Å². The molecule has 0 aliphatic rings. The number of nitrogen functional groups attached to an aromatic ring is 1. The zero-order chi connectivity index (χ0) is 14.4. The van der Waals surface area contributed by atoms with Crippen LogP contribution < -0.4 is 10.5 Å². The first-order chi connectivity index (χ1) is 9.72. The molecule has 0 saturated heterocycles. The van der Waals surface area contributed by atoms with Crippen LogP contribution in [0.2, 0.25) is 0 Å². The summed E-state index contributed by atoms with van der Waals surface area (Å²) in [6, 6.07) is 5.80. The number of nitrogens with zero attached hydrogens (tertiary/aromatic N) is 3. The predicted molar refractivity (Wildman–Crippen MR) is 82.1 cm³/mol. The van der Waals surface area contributed by atoms with E-state index in [0.29, 0.717) is 18.2 Å². The number of hydrogen-bond acceptors (Lipinski definition) is 4. The van der Waals surface area contributed by atoms with Crippen molar-refractivity contribution < 1.29 is 4.74 Å². The Labute approximate surface area is 120 Å². The molecule has 5 heteroatoms. The molecule has 0 bridgehead atoms. The van der Waals surface area contributed by atoms with E-state index in [1.807, 2.05) is 24.4 Å². The van der Waals surface area contributed by atoms with Gasteiger partial charge in [-0.3, -0.25) is 0 Å². The molecule has 0 unspecified atom stereocenters. The van der Waals surface area contributed by atoms with E-state index in [0.717, 1.165) is 18.6 Å². The number of anilines is 1. The van der Waals surface area contributed by atoms with Gasteiger partial charge in [-0.05, 0) is 32.1 Å². The first-order valence-corrected chi connectivity index (χ1v) is 7.26. The number of unbranched alkanes of at least 4 members (excludes halogenated alkanes) is 2. The van der Waals surface area contributed by atoms with Gasteiger partial charge in [0.2, 0.25) is 0 Å². The molecule has 2 aromatic rings. The number of fused-ring (bicyclic) bond motifs is 1. The Morgan fingerprint density at radius 3 is 2.90 bits per heavy atom. The van der Waals surface area contributed by atoms with E-state index in [1.54, 1.807) is 4.52 Å². The molecule has 2 N–H and O–H groups in total. The summed E-state index contributed by atoms with van der Waals surface area (Å²) in [5.74, 6) is 0.526. The van der Waals surface area contributed by atoms with E-state index in [1.165, 1.54) is 19.3 Å². The van der Waals surface area contributed by atoms with Crippen LogP contribution >= 0.6 is 0 Å². The van der Waals surface area contributed by atoms with Crippen molar-refractivity contribution in [3.05, 3.63) is 24.4 Å². The number of ether oxygens (including phenoxy) is 1. The highest BCUT2D eigenvalue weighted by atomic mass is 16.5. The highest BCUT2D eigenvalue weighted by molar-refractivity contribution is 5.74. The van der Waals surface area contributed by atoms with Gasteiger partial charge in [-0.25, -0.2) is 4.52 Å². The van der Waals surface area contributed by atoms with E-state index in [9.17, 15) is 0 Å². The van der Waals surface area contributed by atoms with Crippen LogP contribution in [0.25, 0.3) is 5.52 Å². The molecule has 0 radical (unpaired) electrons. The van der Waals surface area contributed by atoms with Crippen LogP contribution in [-0.4, -0.2) is 41.3 Å². The van der Waals surface area contributed by atoms with Crippen LogP contribution in [0, 0.1) is 0 Å². The van der Waals surface area contributed by atoms with E-state index >= 15 is 0 Å². The topological polar surface area (TPSA) is 55.8 Å². The molecule has 0 atom stereocenters. The number of nitrogens with two attached hydrogens (primary N) is 1. The SMILES string of the molecule is CCCCCN(C)CCOc1nn2ccccc2c1N. The minimum Gasteiger partial charge on any atom is -0.474 e. The van der Waals surface area contributed by atoms with Crippen LogP contribution in [0.1, 0.15) is 26.2 Å². The van der Waals surface area contributed by atoms with E-state index in [2.05, 4.69) is 24.0 Å². The Kier molecular flexibility index (Phi) is 5.24. The summed E-state index contributed by atoms with van der Waals surface area (Å²) in [6.45, 7) is 4.82. The Bertz CT molecular complexity index is 538. The van der Waals surface area contributed by atoms with Crippen molar-refractivity contribution in [2.75, 3.05) is 32.5 Å². The van der Waals surface area contributed by atoms with Gasteiger partial charge in [0, 0.05) is 12.7 Å². The highest BCUT2D eigenvalue weighted by Gasteiger charge is 2.10. The standard InChI is InChI=1S/C15H24N4O/c1-3-4-6-9-18(2)11-12-20-15-14(16)13-8-5-7-10-19(13)17-15/h5,7-8,10H,3-4,6,9,11-12,16H2,1-2H3. The van der Waals surface area contributed by atoms with Crippen molar-refractivity contribution in [3.63, 3.8) is 0 Å². The average Bonchev–Trinajstić information content (AvgIpc) is 2.77. The Morgan fingerprint density at radius 2 is 2.15 bits per heavy atom. The molecule has 20 heavy (non-hydrogen) atoms. The van der Waals surface area contributed by atoms with Crippen molar-refractivity contribution in [2.45, 2.75) is 26.2 Å². The summed E-state index contributed by atoms with van der Waals surface area (Å²) in [7, 11) is 2.12. The predicted octanol–water partition coefficient (Wildman–Crippen LogP) is 2.42. The molecule has 0 aliphatic heterocycles. The molecule has 0 spiro atoms. The molecule has 2 heterocycles. The van der Waals surface area contributed by atoms with Crippen molar-refractivity contribution >= 4 is 11.2 Å². The third-order valence-electron chi connectivity index (χ3n) is 3.40. The van der Waals surface area contributed by atoms with Crippen LogP contribution in [0.4, 0.5) is 5.69 Å². The molecule has 5 nitrogen and oxygen atoms in total.